The predicted octanol–water partition coefficient (Wildman–Crippen LogP) is 3.24. The van der Waals surface area contributed by atoms with Crippen molar-refractivity contribution in [2.24, 2.45) is 5.10 Å². The molecule has 2 aromatic carbocycles. The van der Waals surface area contributed by atoms with Crippen molar-refractivity contribution in [3.8, 4) is 0 Å². The maximum atomic E-state index is 11.8. The highest BCUT2D eigenvalue weighted by atomic mass is 35.5. The zero-order valence-corrected chi connectivity index (χ0v) is 12.7. The molecule has 110 valence electrons. The molecule has 0 aromatic heterocycles. The molecule has 0 aliphatic carbocycles. The highest BCUT2D eigenvalue weighted by Gasteiger charge is 2.03. The summed E-state index contributed by atoms with van der Waals surface area (Å²) in [6.07, 6.45) is 1.48. The summed E-state index contributed by atoms with van der Waals surface area (Å²) in [6.45, 7) is 1.96. The van der Waals surface area contributed by atoms with Crippen molar-refractivity contribution >= 4 is 35.3 Å². The predicted molar refractivity (Wildman–Crippen MR) is 86.3 cm³/mol. The molecule has 3 N–H and O–H groups in total. The van der Waals surface area contributed by atoms with Crippen LogP contribution in [0.15, 0.2) is 47.6 Å². The number of halogens is 2. The second-order valence-corrected chi connectivity index (χ2v) is 5.07. The van der Waals surface area contributed by atoms with Crippen molar-refractivity contribution in [1.29, 1.82) is 0 Å². The van der Waals surface area contributed by atoms with Crippen LogP contribution in [0.2, 0.25) is 10.0 Å². The number of rotatable bonds is 3. The highest BCUT2D eigenvalue weighted by Crippen LogP contribution is 2.19. The van der Waals surface area contributed by atoms with E-state index in [9.17, 15) is 4.79 Å². The second kappa shape index (κ2) is 7.78. The van der Waals surface area contributed by atoms with Gasteiger partial charge in [-0.1, -0.05) is 47.0 Å². The monoisotopic (exact) mass is 324 g/mol. The number of amides is 1. The molecule has 0 saturated heterocycles. The summed E-state index contributed by atoms with van der Waals surface area (Å²) >= 11 is 11.8. The van der Waals surface area contributed by atoms with Crippen LogP contribution in [0.1, 0.15) is 21.5 Å². The molecule has 6 heteroatoms. The average molecular weight is 325 g/mol. The van der Waals surface area contributed by atoms with Gasteiger partial charge in [0.2, 0.25) is 0 Å². The Labute approximate surface area is 132 Å². The first-order chi connectivity index (χ1) is 9.56. The van der Waals surface area contributed by atoms with Crippen LogP contribution < -0.4 is 5.43 Å². The first kappa shape index (κ1) is 17.2. The molecule has 0 aliphatic rings. The molecule has 2 rings (SSSR count). The van der Waals surface area contributed by atoms with Crippen molar-refractivity contribution in [1.82, 2.24) is 5.43 Å². The Hall–Kier alpha value is -1.88. The lowest BCUT2D eigenvalue weighted by atomic mass is 10.1. The van der Waals surface area contributed by atoms with Gasteiger partial charge in [-0.3, -0.25) is 4.79 Å². The van der Waals surface area contributed by atoms with Gasteiger partial charge in [0.1, 0.15) is 0 Å². The number of benzene rings is 2. The van der Waals surface area contributed by atoms with Crippen molar-refractivity contribution in [2.75, 3.05) is 0 Å². The van der Waals surface area contributed by atoms with Gasteiger partial charge < -0.3 is 5.48 Å². The van der Waals surface area contributed by atoms with Gasteiger partial charge in [-0.2, -0.15) is 5.10 Å². The maximum absolute atomic E-state index is 11.8. The largest absolute Gasteiger partial charge is 0.412 e. The molecule has 0 unspecified atom stereocenters. The molecular formula is C15H14Cl2N2O2. The molecule has 0 aliphatic heterocycles. The van der Waals surface area contributed by atoms with Gasteiger partial charge in [0.15, 0.2) is 0 Å². The Balaban J connectivity index is 0.00000220. The van der Waals surface area contributed by atoms with Gasteiger partial charge >= 0.3 is 0 Å². The summed E-state index contributed by atoms with van der Waals surface area (Å²) in [4.78, 5) is 11.8. The van der Waals surface area contributed by atoms with E-state index in [4.69, 9.17) is 23.2 Å². The second-order valence-electron chi connectivity index (χ2n) is 4.23. The maximum Gasteiger partial charge on any atom is 0.271 e. The molecule has 0 bridgehead atoms. The molecule has 2 aromatic rings. The molecule has 0 spiro atoms. The molecule has 0 saturated carbocycles. The van der Waals surface area contributed by atoms with Gasteiger partial charge in [-0.25, -0.2) is 5.43 Å². The van der Waals surface area contributed by atoms with E-state index in [2.05, 4.69) is 10.5 Å². The Morgan fingerprint density at radius 2 is 1.81 bits per heavy atom. The summed E-state index contributed by atoms with van der Waals surface area (Å²) in [7, 11) is 0. The summed E-state index contributed by atoms with van der Waals surface area (Å²) in [6, 6.07) is 12.3. The van der Waals surface area contributed by atoms with Crippen LogP contribution in [0.5, 0.6) is 0 Å². The normalized spacial score (nSPS) is 10.2. The molecular weight excluding hydrogens is 311 g/mol. The summed E-state index contributed by atoms with van der Waals surface area (Å²) < 4.78 is 0. The molecule has 0 atom stereocenters. The van der Waals surface area contributed by atoms with Crippen LogP contribution in [0.3, 0.4) is 0 Å². The van der Waals surface area contributed by atoms with Crippen LogP contribution in [0.4, 0.5) is 0 Å². The molecule has 4 nitrogen and oxygen atoms in total. The van der Waals surface area contributed by atoms with Crippen LogP contribution in [0, 0.1) is 6.92 Å². The van der Waals surface area contributed by atoms with Crippen LogP contribution in [0.25, 0.3) is 0 Å². The lowest BCUT2D eigenvalue weighted by Crippen LogP contribution is -2.17. The zero-order chi connectivity index (χ0) is 14.5. The Kier molecular flexibility index (Phi) is 6.37. The molecule has 0 radical (unpaired) electrons. The van der Waals surface area contributed by atoms with E-state index in [0.717, 1.165) is 5.56 Å². The van der Waals surface area contributed by atoms with Crippen LogP contribution in [-0.2, 0) is 0 Å². The third-order valence-corrected chi connectivity index (χ3v) is 3.21. The fourth-order valence-corrected chi connectivity index (χ4v) is 1.99. The third kappa shape index (κ3) is 4.86. The molecule has 0 heterocycles. The van der Waals surface area contributed by atoms with E-state index in [-0.39, 0.29) is 11.4 Å². The molecule has 0 fully saturated rings. The van der Waals surface area contributed by atoms with Crippen LogP contribution in [-0.4, -0.2) is 17.6 Å². The average Bonchev–Trinajstić information content (AvgIpc) is 2.42. The van der Waals surface area contributed by atoms with Gasteiger partial charge in [-0.05, 0) is 31.2 Å². The van der Waals surface area contributed by atoms with Gasteiger partial charge in [0.25, 0.3) is 5.91 Å². The fourth-order valence-electron chi connectivity index (χ4n) is 1.54. The standard InChI is InChI=1S/C15H12Cl2N2O.H2O/c1-10-2-4-11(5-3-10)15(20)19-18-9-12-6-7-13(16)8-14(12)17;/h2-9H,1H3,(H,19,20);1H2. The number of nitrogens with one attached hydrogen (secondary N) is 1. The van der Waals surface area contributed by atoms with Crippen LogP contribution >= 0.6 is 23.2 Å². The number of carbonyl (C=O) groups is 1. The SMILES string of the molecule is Cc1ccc(C(=O)NN=Cc2ccc(Cl)cc2Cl)cc1.O. The lowest BCUT2D eigenvalue weighted by molar-refractivity contribution is 0.0955. The number of hydrazone groups is 1. The Bertz CT molecular complexity index is 655. The van der Waals surface area contributed by atoms with E-state index in [0.29, 0.717) is 21.2 Å². The van der Waals surface area contributed by atoms with Crippen molar-refractivity contribution in [3.63, 3.8) is 0 Å². The first-order valence-electron chi connectivity index (χ1n) is 5.91. The molecule has 21 heavy (non-hydrogen) atoms. The topological polar surface area (TPSA) is 73.0 Å². The number of hydrogen-bond donors (Lipinski definition) is 1. The van der Waals surface area contributed by atoms with E-state index in [1.54, 1.807) is 30.3 Å². The zero-order valence-electron chi connectivity index (χ0n) is 11.2. The van der Waals surface area contributed by atoms with Gasteiger partial charge in [0, 0.05) is 16.1 Å². The Morgan fingerprint density at radius 3 is 2.43 bits per heavy atom. The highest BCUT2D eigenvalue weighted by molar-refractivity contribution is 6.36. The number of hydrogen-bond acceptors (Lipinski definition) is 2. The lowest BCUT2D eigenvalue weighted by Gasteiger charge is -2.01. The van der Waals surface area contributed by atoms with Crippen molar-refractivity contribution in [3.05, 3.63) is 69.2 Å². The van der Waals surface area contributed by atoms with Crippen molar-refractivity contribution in [2.45, 2.75) is 6.92 Å². The van der Waals surface area contributed by atoms with Gasteiger partial charge in [0.05, 0.1) is 11.2 Å². The van der Waals surface area contributed by atoms with E-state index in [1.807, 2.05) is 19.1 Å². The number of aryl methyl sites for hydroxylation is 1. The minimum Gasteiger partial charge on any atom is -0.412 e. The number of nitrogens with zero attached hydrogens (tertiary/aromatic N) is 1. The summed E-state index contributed by atoms with van der Waals surface area (Å²) in [5.41, 5.74) is 4.77. The minimum atomic E-state index is -0.272. The Morgan fingerprint density at radius 1 is 1.14 bits per heavy atom. The fraction of sp³-hybridized carbons (Fsp3) is 0.0667. The van der Waals surface area contributed by atoms with E-state index < -0.39 is 0 Å². The van der Waals surface area contributed by atoms with Crippen molar-refractivity contribution < 1.29 is 10.3 Å². The first-order valence-corrected chi connectivity index (χ1v) is 6.67. The molecule has 1 amide bonds. The summed E-state index contributed by atoms with van der Waals surface area (Å²) in [5.74, 6) is -0.272. The van der Waals surface area contributed by atoms with E-state index in [1.165, 1.54) is 6.21 Å². The minimum absolute atomic E-state index is 0. The smallest absolute Gasteiger partial charge is 0.271 e. The summed E-state index contributed by atoms with van der Waals surface area (Å²) in [5, 5.41) is 4.91. The quantitative estimate of drug-likeness (QED) is 0.683. The third-order valence-electron chi connectivity index (χ3n) is 2.65. The van der Waals surface area contributed by atoms with Gasteiger partial charge in [-0.15, -0.1) is 0 Å². The number of carbonyl (C=O) groups excluding carboxylic acids is 1. The van der Waals surface area contributed by atoms with E-state index >= 15 is 0 Å².